The van der Waals surface area contributed by atoms with Gasteiger partial charge in [0.1, 0.15) is 5.82 Å². The van der Waals surface area contributed by atoms with Crippen LogP contribution in [0.3, 0.4) is 0 Å². The number of hydrogen-bond donors (Lipinski definition) is 1. The van der Waals surface area contributed by atoms with Gasteiger partial charge in [0.05, 0.1) is 0 Å². The smallest absolute Gasteiger partial charge is 0.253 e. The number of halogens is 3. The van der Waals surface area contributed by atoms with Gasteiger partial charge >= 0.3 is 0 Å². The van der Waals surface area contributed by atoms with E-state index in [1.165, 1.54) is 6.07 Å². The lowest BCUT2D eigenvalue weighted by Crippen LogP contribution is -2.48. The Morgan fingerprint density at radius 1 is 1.08 bits per heavy atom. The first-order valence-corrected chi connectivity index (χ1v) is 8.70. The quantitative estimate of drug-likeness (QED) is 0.860. The van der Waals surface area contributed by atoms with Gasteiger partial charge in [0.2, 0.25) is 0 Å². The predicted octanol–water partition coefficient (Wildman–Crippen LogP) is 3.32. The number of rotatable bonds is 4. The van der Waals surface area contributed by atoms with Gasteiger partial charge in [0.15, 0.2) is 0 Å². The van der Waals surface area contributed by atoms with E-state index < -0.39 is 0 Å². The van der Waals surface area contributed by atoms with Crippen LogP contribution in [0.25, 0.3) is 0 Å². The normalized spacial score (nSPS) is 14.8. The number of hydrogen-bond acceptors (Lipinski definition) is 3. The highest BCUT2D eigenvalue weighted by molar-refractivity contribution is 6.31. The van der Waals surface area contributed by atoms with Gasteiger partial charge in [0.25, 0.3) is 5.91 Å². The van der Waals surface area contributed by atoms with Crippen molar-refractivity contribution in [3.63, 3.8) is 0 Å². The second-order valence-electron chi connectivity index (χ2n) is 6.17. The standard InChI is InChI=1S/C19H21ClFN3O.ClH/c20-17-2-1-3-18(21)16(17)13-23-8-10-24(11-9-23)19(25)15-6-4-14(12-22)5-7-15;/h1-7H,8-13,22H2;1H. The van der Waals surface area contributed by atoms with Gasteiger partial charge in [0, 0.05) is 55.4 Å². The molecule has 2 aromatic rings. The number of amides is 1. The van der Waals surface area contributed by atoms with Gasteiger partial charge in [-0.25, -0.2) is 4.39 Å². The third kappa shape index (κ3) is 4.74. The molecule has 3 rings (SSSR count). The van der Waals surface area contributed by atoms with Gasteiger partial charge < -0.3 is 10.6 Å². The van der Waals surface area contributed by atoms with E-state index in [-0.39, 0.29) is 24.1 Å². The summed E-state index contributed by atoms with van der Waals surface area (Å²) in [5.41, 5.74) is 7.77. The van der Waals surface area contributed by atoms with Gasteiger partial charge in [-0.3, -0.25) is 9.69 Å². The highest BCUT2D eigenvalue weighted by Gasteiger charge is 2.23. The monoisotopic (exact) mass is 397 g/mol. The highest BCUT2D eigenvalue weighted by atomic mass is 35.5. The molecule has 7 heteroatoms. The summed E-state index contributed by atoms with van der Waals surface area (Å²) in [6.45, 7) is 3.53. The molecule has 1 heterocycles. The minimum absolute atomic E-state index is 0. The molecule has 1 aliphatic heterocycles. The summed E-state index contributed by atoms with van der Waals surface area (Å²) in [6.07, 6.45) is 0. The van der Waals surface area contributed by atoms with E-state index in [9.17, 15) is 9.18 Å². The Kier molecular flexibility index (Phi) is 7.41. The lowest BCUT2D eigenvalue weighted by molar-refractivity contribution is 0.0627. The number of nitrogens with two attached hydrogens (primary N) is 1. The largest absolute Gasteiger partial charge is 0.336 e. The van der Waals surface area contributed by atoms with Crippen molar-refractivity contribution in [2.45, 2.75) is 13.1 Å². The molecule has 26 heavy (non-hydrogen) atoms. The maximum Gasteiger partial charge on any atom is 0.253 e. The average Bonchev–Trinajstić information content (AvgIpc) is 2.65. The summed E-state index contributed by atoms with van der Waals surface area (Å²) in [6, 6.07) is 12.1. The topological polar surface area (TPSA) is 49.6 Å². The molecule has 2 aromatic carbocycles. The molecule has 0 aromatic heterocycles. The summed E-state index contributed by atoms with van der Waals surface area (Å²) in [5, 5.41) is 0.443. The molecule has 2 N–H and O–H groups in total. The molecule has 4 nitrogen and oxygen atoms in total. The van der Waals surface area contributed by atoms with Crippen LogP contribution in [0.15, 0.2) is 42.5 Å². The molecule has 0 bridgehead atoms. The minimum Gasteiger partial charge on any atom is -0.336 e. The lowest BCUT2D eigenvalue weighted by Gasteiger charge is -2.35. The van der Waals surface area contributed by atoms with E-state index in [1.807, 2.05) is 29.2 Å². The van der Waals surface area contributed by atoms with Crippen molar-refractivity contribution in [2.24, 2.45) is 5.73 Å². The Bertz CT molecular complexity index is 727. The first kappa shape index (κ1) is 20.6. The van der Waals surface area contributed by atoms with Gasteiger partial charge in [-0.2, -0.15) is 0 Å². The van der Waals surface area contributed by atoms with Crippen LogP contribution in [0, 0.1) is 5.82 Å². The first-order chi connectivity index (χ1) is 12.1. The lowest BCUT2D eigenvalue weighted by atomic mass is 10.1. The Labute approximate surface area is 164 Å². The van der Waals surface area contributed by atoms with E-state index in [0.717, 1.165) is 5.56 Å². The Hall–Kier alpha value is -1.66. The van der Waals surface area contributed by atoms with Crippen LogP contribution in [0.1, 0.15) is 21.5 Å². The molecule has 0 saturated carbocycles. The molecule has 1 saturated heterocycles. The predicted molar refractivity (Wildman–Crippen MR) is 104 cm³/mol. The fraction of sp³-hybridized carbons (Fsp3) is 0.316. The molecular weight excluding hydrogens is 376 g/mol. The van der Waals surface area contributed by atoms with E-state index in [2.05, 4.69) is 4.90 Å². The molecule has 140 valence electrons. The van der Waals surface area contributed by atoms with Crippen molar-refractivity contribution < 1.29 is 9.18 Å². The van der Waals surface area contributed by atoms with Crippen molar-refractivity contribution in [3.8, 4) is 0 Å². The van der Waals surface area contributed by atoms with Crippen LogP contribution < -0.4 is 5.73 Å². The number of carbonyl (C=O) groups is 1. The van der Waals surface area contributed by atoms with E-state index in [0.29, 0.717) is 55.4 Å². The first-order valence-electron chi connectivity index (χ1n) is 8.32. The zero-order valence-electron chi connectivity index (χ0n) is 14.3. The third-order valence-electron chi connectivity index (χ3n) is 4.54. The maximum absolute atomic E-state index is 13.9. The molecule has 0 aliphatic carbocycles. The van der Waals surface area contributed by atoms with Crippen molar-refractivity contribution in [3.05, 3.63) is 70.0 Å². The van der Waals surface area contributed by atoms with E-state index >= 15 is 0 Å². The van der Waals surface area contributed by atoms with Crippen LogP contribution in [0.2, 0.25) is 5.02 Å². The average molecular weight is 398 g/mol. The second-order valence-corrected chi connectivity index (χ2v) is 6.58. The number of nitrogens with zero attached hydrogens (tertiary/aromatic N) is 2. The zero-order chi connectivity index (χ0) is 17.8. The third-order valence-corrected chi connectivity index (χ3v) is 4.89. The molecule has 0 atom stereocenters. The summed E-state index contributed by atoms with van der Waals surface area (Å²) < 4.78 is 13.9. The molecule has 0 unspecified atom stereocenters. The minimum atomic E-state index is -0.286. The molecule has 0 spiro atoms. The fourth-order valence-electron chi connectivity index (χ4n) is 2.98. The highest BCUT2D eigenvalue weighted by Crippen LogP contribution is 2.21. The molecular formula is C19H22Cl2FN3O. The van der Waals surface area contributed by atoms with Crippen LogP contribution in [-0.4, -0.2) is 41.9 Å². The van der Waals surface area contributed by atoms with Gasteiger partial charge in [-0.05, 0) is 29.8 Å². The van der Waals surface area contributed by atoms with Crippen molar-refractivity contribution in [2.75, 3.05) is 26.2 Å². The summed E-state index contributed by atoms with van der Waals surface area (Å²) >= 11 is 6.09. The Morgan fingerprint density at radius 2 is 1.73 bits per heavy atom. The van der Waals surface area contributed by atoms with Crippen LogP contribution in [0.4, 0.5) is 4.39 Å². The Morgan fingerprint density at radius 3 is 2.31 bits per heavy atom. The second kappa shape index (κ2) is 9.33. The van der Waals surface area contributed by atoms with Crippen molar-refractivity contribution in [1.29, 1.82) is 0 Å². The number of benzene rings is 2. The summed E-state index contributed by atoms with van der Waals surface area (Å²) in [5.74, 6) is -0.266. The van der Waals surface area contributed by atoms with E-state index in [1.54, 1.807) is 12.1 Å². The molecule has 1 aliphatic rings. The molecule has 1 fully saturated rings. The Balaban J connectivity index is 0.00000243. The van der Waals surface area contributed by atoms with Crippen LogP contribution in [-0.2, 0) is 13.1 Å². The summed E-state index contributed by atoms with van der Waals surface area (Å²) in [7, 11) is 0. The van der Waals surface area contributed by atoms with E-state index in [4.69, 9.17) is 17.3 Å². The SMILES string of the molecule is Cl.NCc1ccc(C(=O)N2CCN(Cc3c(F)cccc3Cl)CC2)cc1. The molecule has 0 radical (unpaired) electrons. The fourth-order valence-corrected chi connectivity index (χ4v) is 3.20. The van der Waals surface area contributed by atoms with Crippen molar-refractivity contribution >= 4 is 29.9 Å². The van der Waals surface area contributed by atoms with Gasteiger partial charge in [-0.15, -0.1) is 12.4 Å². The van der Waals surface area contributed by atoms with Crippen LogP contribution in [0.5, 0.6) is 0 Å². The number of carbonyl (C=O) groups excluding carboxylic acids is 1. The maximum atomic E-state index is 13.9. The van der Waals surface area contributed by atoms with Gasteiger partial charge in [-0.1, -0.05) is 29.8 Å². The zero-order valence-corrected chi connectivity index (χ0v) is 15.9. The molecule has 1 amide bonds. The number of piperazine rings is 1. The summed E-state index contributed by atoms with van der Waals surface area (Å²) in [4.78, 5) is 16.5. The van der Waals surface area contributed by atoms with Crippen molar-refractivity contribution in [1.82, 2.24) is 9.80 Å². The van der Waals surface area contributed by atoms with Crippen LogP contribution >= 0.6 is 24.0 Å².